The minimum Gasteiger partial charge on any atom is -0.394 e. The number of carbonyl (C=O) groups is 1. The number of nitrogens with one attached hydrogen (secondary N) is 1. The van der Waals surface area contributed by atoms with E-state index in [-0.39, 0.29) is 19.1 Å². The van der Waals surface area contributed by atoms with Crippen molar-refractivity contribution in [3.8, 4) is 0 Å². The number of benzene rings is 1. The van der Waals surface area contributed by atoms with Crippen LogP contribution < -0.4 is 5.32 Å². The maximum Gasteiger partial charge on any atom is 0.252 e. The molecule has 0 bridgehead atoms. The second-order valence-electron chi connectivity index (χ2n) is 3.28. The van der Waals surface area contributed by atoms with Gasteiger partial charge in [0.1, 0.15) is 0 Å². The molecule has 0 heterocycles. The van der Waals surface area contributed by atoms with Gasteiger partial charge in [0.2, 0.25) is 0 Å². The Hall–Kier alpha value is 0.800. The molecule has 0 fully saturated rings. The summed E-state index contributed by atoms with van der Waals surface area (Å²) < 4.78 is 2.85. The molecule has 7 heteroatoms. The summed E-state index contributed by atoms with van der Waals surface area (Å²) in [6.07, 6.45) is 0. The Morgan fingerprint density at radius 3 is 2.35 bits per heavy atom. The maximum absolute atomic E-state index is 12.0. The van der Waals surface area contributed by atoms with E-state index in [1.54, 1.807) is 6.07 Å². The average molecular weight is 573 g/mol. The van der Waals surface area contributed by atoms with Crippen molar-refractivity contribution in [3.63, 3.8) is 0 Å². The minimum atomic E-state index is -0.617. The van der Waals surface area contributed by atoms with Gasteiger partial charge in [-0.1, -0.05) is 0 Å². The van der Waals surface area contributed by atoms with Gasteiger partial charge >= 0.3 is 0 Å². The van der Waals surface area contributed by atoms with E-state index in [1.165, 1.54) is 0 Å². The number of aliphatic hydroxyl groups excluding tert-OH is 2. The lowest BCUT2D eigenvalue weighted by Gasteiger charge is -2.14. The summed E-state index contributed by atoms with van der Waals surface area (Å²) in [6.45, 7) is -0.556. The van der Waals surface area contributed by atoms with E-state index in [1.807, 2.05) is 6.07 Å². The first-order valence-electron chi connectivity index (χ1n) is 4.66. The monoisotopic (exact) mass is 573 g/mol. The molecule has 94 valence electrons. The standard InChI is InChI=1S/C10H10I3NO3/c11-5-1-7(9(13)8(12)2-5)10(17)14-6(3-15)4-16/h1-2,6,15-16H,3-4H2,(H,14,17). The molecule has 17 heavy (non-hydrogen) atoms. The van der Waals surface area contributed by atoms with Crippen LogP contribution in [0.3, 0.4) is 0 Å². The van der Waals surface area contributed by atoms with Crippen LogP contribution in [0, 0.1) is 10.7 Å². The van der Waals surface area contributed by atoms with E-state index in [0.717, 1.165) is 10.7 Å². The first-order valence-corrected chi connectivity index (χ1v) is 7.90. The van der Waals surface area contributed by atoms with Crippen LogP contribution >= 0.6 is 67.8 Å². The van der Waals surface area contributed by atoms with Gasteiger partial charge in [0.25, 0.3) is 5.91 Å². The quantitative estimate of drug-likeness (QED) is 0.379. The van der Waals surface area contributed by atoms with Crippen LogP contribution in [-0.4, -0.2) is 35.4 Å². The fraction of sp³-hybridized carbons (Fsp3) is 0.300. The fourth-order valence-corrected chi connectivity index (χ4v) is 3.53. The smallest absolute Gasteiger partial charge is 0.252 e. The van der Waals surface area contributed by atoms with Gasteiger partial charge in [-0.2, -0.15) is 0 Å². The molecule has 0 aliphatic carbocycles. The summed E-state index contributed by atoms with van der Waals surface area (Å²) in [7, 11) is 0. The number of carbonyl (C=O) groups excluding carboxylic acids is 1. The number of hydrogen-bond acceptors (Lipinski definition) is 3. The van der Waals surface area contributed by atoms with E-state index >= 15 is 0 Å². The summed E-state index contributed by atoms with van der Waals surface area (Å²) in [4.78, 5) is 12.0. The predicted octanol–water partition coefficient (Wildman–Crippen LogP) is 1.58. The van der Waals surface area contributed by atoms with Gasteiger partial charge in [-0.15, -0.1) is 0 Å². The summed E-state index contributed by atoms with van der Waals surface area (Å²) in [5, 5.41) is 20.4. The highest BCUT2D eigenvalue weighted by Crippen LogP contribution is 2.22. The van der Waals surface area contributed by atoms with E-state index < -0.39 is 6.04 Å². The third-order valence-electron chi connectivity index (χ3n) is 2.01. The van der Waals surface area contributed by atoms with Crippen molar-refractivity contribution < 1.29 is 15.0 Å². The Bertz CT molecular complexity index is 422. The Morgan fingerprint density at radius 1 is 1.24 bits per heavy atom. The van der Waals surface area contributed by atoms with Crippen molar-refractivity contribution in [2.24, 2.45) is 0 Å². The highest BCUT2D eigenvalue weighted by atomic mass is 127. The van der Waals surface area contributed by atoms with Crippen molar-refractivity contribution in [2.75, 3.05) is 13.2 Å². The van der Waals surface area contributed by atoms with E-state index in [4.69, 9.17) is 10.2 Å². The van der Waals surface area contributed by atoms with Crippen LogP contribution in [0.1, 0.15) is 10.4 Å². The lowest BCUT2D eigenvalue weighted by Crippen LogP contribution is -2.40. The van der Waals surface area contributed by atoms with Gasteiger partial charge in [0.05, 0.1) is 24.8 Å². The highest BCUT2D eigenvalue weighted by molar-refractivity contribution is 14.1. The second-order valence-corrected chi connectivity index (χ2v) is 6.77. The van der Waals surface area contributed by atoms with Gasteiger partial charge in [-0.3, -0.25) is 4.79 Å². The van der Waals surface area contributed by atoms with Gasteiger partial charge in [0, 0.05) is 10.7 Å². The van der Waals surface area contributed by atoms with Crippen LogP contribution in [0.25, 0.3) is 0 Å². The fourth-order valence-electron chi connectivity index (χ4n) is 1.13. The topological polar surface area (TPSA) is 69.6 Å². The molecule has 0 aliphatic heterocycles. The van der Waals surface area contributed by atoms with Gasteiger partial charge in [0.15, 0.2) is 0 Å². The molecule has 0 saturated heterocycles. The summed E-state index contributed by atoms with van der Waals surface area (Å²) in [6, 6.07) is 3.15. The molecular formula is C10H10I3NO3. The van der Waals surface area contributed by atoms with Crippen LogP contribution in [0.15, 0.2) is 12.1 Å². The predicted molar refractivity (Wildman–Crippen MR) is 90.0 cm³/mol. The van der Waals surface area contributed by atoms with Crippen molar-refractivity contribution in [2.45, 2.75) is 6.04 Å². The first kappa shape index (κ1) is 15.9. The van der Waals surface area contributed by atoms with E-state index in [2.05, 4.69) is 73.1 Å². The largest absolute Gasteiger partial charge is 0.394 e. The first-order chi connectivity index (χ1) is 7.99. The summed E-state index contributed by atoms with van der Waals surface area (Å²) >= 11 is 6.43. The van der Waals surface area contributed by atoms with Gasteiger partial charge in [-0.25, -0.2) is 0 Å². The van der Waals surface area contributed by atoms with Crippen molar-refractivity contribution in [1.29, 1.82) is 0 Å². The molecule has 0 saturated carbocycles. The van der Waals surface area contributed by atoms with Gasteiger partial charge < -0.3 is 15.5 Å². The van der Waals surface area contributed by atoms with Crippen LogP contribution in [0.5, 0.6) is 0 Å². The molecule has 1 aromatic carbocycles. The zero-order valence-corrected chi connectivity index (χ0v) is 15.1. The normalized spacial score (nSPS) is 10.7. The van der Waals surface area contributed by atoms with Crippen LogP contribution in [-0.2, 0) is 0 Å². The average Bonchev–Trinajstić information content (AvgIpc) is 2.30. The van der Waals surface area contributed by atoms with Crippen molar-refractivity contribution in [1.82, 2.24) is 5.32 Å². The Kier molecular flexibility index (Phi) is 6.91. The minimum absolute atomic E-state index is 0.278. The number of hydrogen-bond donors (Lipinski definition) is 3. The molecule has 0 atom stereocenters. The van der Waals surface area contributed by atoms with Crippen molar-refractivity contribution >= 4 is 73.7 Å². The third kappa shape index (κ3) is 4.44. The Balaban J connectivity index is 2.96. The molecule has 4 nitrogen and oxygen atoms in total. The third-order valence-corrected chi connectivity index (χ3v) is 5.68. The van der Waals surface area contributed by atoms with Crippen molar-refractivity contribution in [3.05, 3.63) is 28.4 Å². The molecule has 3 N–H and O–H groups in total. The summed E-state index contributed by atoms with van der Waals surface area (Å²) in [5.74, 6) is -0.279. The van der Waals surface area contributed by atoms with Gasteiger partial charge in [-0.05, 0) is 79.9 Å². The molecule has 0 radical (unpaired) electrons. The number of aliphatic hydroxyl groups is 2. The maximum atomic E-state index is 12.0. The molecule has 1 rings (SSSR count). The Morgan fingerprint density at radius 2 is 1.82 bits per heavy atom. The molecule has 1 aromatic rings. The molecule has 0 aliphatic rings. The lowest BCUT2D eigenvalue weighted by molar-refractivity contribution is 0.0878. The van der Waals surface area contributed by atoms with E-state index in [9.17, 15) is 4.79 Å². The Labute approximate surface area is 140 Å². The second kappa shape index (κ2) is 7.40. The molecule has 1 amide bonds. The lowest BCUT2D eigenvalue weighted by atomic mass is 10.2. The zero-order chi connectivity index (χ0) is 13.0. The van der Waals surface area contributed by atoms with E-state index in [0.29, 0.717) is 5.56 Å². The molecule has 0 unspecified atom stereocenters. The number of halogens is 3. The molecule has 0 aromatic heterocycles. The number of rotatable bonds is 4. The molecular weight excluding hydrogens is 563 g/mol. The zero-order valence-electron chi connectivity index (χ0n) is 8.58. The van der Waals surface area contributed by atoms with Crippen LogP contribution in [0.4, 0.5) is 0 Å². The SMILES string of the molecule is O=C(NC(CO)CO)c1cc(I)cc(I)c1I. The summed E-state index contributed by atoms with van der Waals surface area (Å²) in [5.41, 5.74) is 0.564. The molecule has 0 spiro atoms. The number of amides is 1. The highest BCUT2D eigenvalue weighted by Gasteiger charge is 2.16. The van der Waals surface area contributed by atoms with Crippen LogP contribution in [0.2, 0.25) is 0 Å².